The van der Waals surface area contributed by atoms with E-state index in [1.807, 2.05) is 0 Å². The van der Waals surface area contributed by atoms with Crippen LogP contribution in [0.5, 0.6) is 0 Å². The fraction of sp³-hybridized carbons (Fsp3) is 1.00. The first-order valence-corrected chi connectivity index (χ1v) is 6.53. The molecule has 1 saturated heterocycles. The monoisotopic (exact) mass is 212 g/mol. The molecule has 0 aliphatic carbocycles. The Hall–Kier alpha value is -0.0800. The van der Waals surface area contributed by atoms with Crippen molar-refractivity contribution in [2.45, 2.75) is 58.9 Å². The van der Waals surface area contributed by atoms with E-state index in [9.17, 15) is 0 Å². The van der Waals surface area contributed by atoms with Gasteiger partial charge in [0, 0.05) is 12.6 Å². The van der Waals surface area contributed by atoms with Crippen molar-refractivity contribution < 1.29 is 0 Å². The van der Waals surface area contributed by atoms with E-state index in [4.69, 9.17) is 5.73 Å². The van der Waals surface area contributed by atoms with Crippen LogP contribution in [0, 0.1) is 5.41 Å². The van der Waals surface area contributed by atoms with Crippen molar-refractivity contribution in [3.05, 3.63) is 0 Å². The lowest BCUT2D eigenvalue weighted by Gasteiger charge is -2.40. The van der Waals surface area contributed by atoms with Crippen LogP contribution in [0.25, 0.3) is 0 Å². The molecule has 90 valence electrons. The topological polar surface area (TPSA) is 29.3 Å². The van der Waals surface area contributed by atoms with Crippen molar-refractivity contribution in [3.63, 3.8) is 0 Å². The fourth-order valence-corrected chi connectivity index (χ4v) is 2.54. The van der Waals surface area contributed by atoms with E-state index in [0.717, 1.165) is 12.6 Å². The molecule has 1 rings (SSSR count). The smallest absolute Gasteiger partial charge is 0.00954 e. The van der Waals surface area contributed by atoms with Gasteiger partial charge in [-0.05, 0) is 37.8 Å². The maximum Gasteiger partial charge on any atom is 0.00954 e. The summed E-state index contributed by atoms with van der Waals surface area (Å²) in [6.07, 6.45) is 6.87. The van der Waals surface area contributed by atoms with Crippen molar-refractivity contribution in [2.75, 3.05) is 19.6 Å². The summed E-state index contributed by atoms with van der Waals surface area (Å²) in [4.78, 5) is 2.68. The van der Waals surface area contributed by atoms with Crippen LogP contribution in [0.15, 0.2) is 0 Å². The number of hydrogen-bond donors (Lipinski definition) is 1. The van der Waals surface area contributed by atoms with Crippen LogP contribution in [0.3, 0.4) is 0 Å². The van der Waals surface area contributed by atoms with Crippen LogP contribution in [-0.2, 0) is 0 Å². The third-order valence-electron chi connectivity index (χ3n) is 3.55. The summed E-state index contributed by atoms with van der Waals surface area (Å²) >= 11 is 0. The van der Waals surface area contributed by atoms with Gasteiger partial charge < -0.3 is 5.73 Å². The van der Waals surface area contributed by atoms with Gasteiger partial charge in [-0.25, -0.2) is 0 Å². The Morgan fingerprint density at radius 2 is 2.07 bits per heavy atom. The second-order valence-corrected chi connectivity index (χ2v) is 5.78. The minimum Gasteiger partial charge on any atom is -0.330 e. The molecule has 0 aromatic carbocycles. The van der Waals surface area contributed by atoms with Gasteiger partial charge in [0.25, 0.3) is 0 Å². The van der Waals surface area contributed by atoms with Crippen molar-refractivity contribution >= 4 is 0 Å². The van der Waals surface area contributed by atoms with Crippen LogP contribution in [0.1, 0.15) is 52.9 Å². The third kappa shape index (κ3) is 4.12. The zero-order valence-electron chi connectivity index (χ0n) is 10.8. The van der Waals surface area contributed by atoms with Crippen LogP contribution in [0.2, 0.25) is 0 Å². The molecule has 15 heavy (non-hydrogen) atoms. The summed E-state index contributed by atoms with van der Waals surface area (Å²) in [6, 6.07) is 0.828. The van der Waals surface area contributed by atoms with Gasteiger partial charge in [-0.1, -0.05) is 33.6 Å². The first kappa shape index (κ1) is 13.0. The number of rotatable bonds is 5. The van der Waals surface area contributed by atoms with Gasteiger partial charge in [0.1, 0.15) is 0 Å². The Morgan fingerprint density at radius 3 is 2.67 bits per heavy atom. The number of piperidine rings is 1. The summed E-state index contributed by atoms with van der Waals surface area (Å²) in [5, 5.41) is 0. The Kier molecular flexibility index (Phi) is 5.07. The van der Waals surface area contributed by atoms with Gasteiger partial charge in [-0.3, -0.25) is 4.90 Å². The molecule has 0 amide bonds. The van der Waals surface area contributed by atoms with E-state index in [2.05, 4.69) is 25.7 Å². The quantitative estimate of drug-likeness (QED) is 0.759. The van der Waals surface area contributed by atoms with Gasteiger partial charge in [0.2, 0.25) is 0 Å². The first-order valence-electron chi connectivity index (χ1n) is 6.53. The fourth-order valence-electron chi connectivity index (χ4n) is 2.54. The maximum absolute atomic E-state index is 5.82. The summed E-state index contributed by atoms with van der Waals surface area (Å²) in [5.74, 6) is 0. The van der Waals surface area contributed by atoms with Gasteiger partial charge in [0.05, 0.1) is 0 Å². The van der Waals surface area contributed by atoms with Crippen molar-refractivity contribution in [3.8, 4) is 0 Å². The van der Waals surface area contributed by atoms with E-state index in [-0.39, 0.29) is 5.41 Å². The SMILES string of the molecule is CCCC1CCCCN1CC(C)(C)CN. The predicted molar refractivity (Wildman–Crippen MR) is 67.0 cm³/mol. The molecule has 2 N–H and O–H groups in total. The summed E-state index contributed by atoms with van der Waals surface area (Å²) < 4.78 is 0. The number of likely N-dealkylation sites (tertiary alicyclic amines) is 1. The van der Waals surface area contributed by atoms with E-state index in [0.29, 0.717) is 0 Å². The average molecular weight is 212 g/mol. The molecule has 1 aliphatic heterocycles. The molecule has 2 nitrogen and oxygen atoms in total. The van der Waals surface area contributed by atoms with Crippen LogP contribution in [-0.4, -0.2) is 30.6 Å². The lowest BCUT2D eigenvalue weighted by molar-refractivity contribution is 0.0932. The van der Waals surface area contributed by atoms with Crippen molar-refractivity contribution in [1.82, 2.24) is 4.90 Å². The zero-order valence-corrected chi connectivity index (χ0v) is 10.8. The second-order valence-electron chi connectivity index (χ2n) is 5.78. The predicted octanol–water partition coefficient (Wildman–Crippen LogP) is 2.63. The van der Waals surface area contributed by atoms with Gasteiger partial charge >= 0.3 is 0 Å². The summed E-state index contributed by atoms with van der Waals surface area (Å²) in [6.45, 7) is 10.1. The van der Waals surface area contributed by atoms with Crippen molar-refractivity contribution in [2.24, 2.45) is 11.1 Å². The Balaban J connectivity index is 2.48. The maximum atomic E-state index is 5.82. The Morgan fingerprint density at radius 1 is 1.33 bits per heavy atom. The number of nitrogens with zero attached hydrogens (tertiary/aromatic N) is 1. The van der Waals surface area contributed by atoms with Gasteiger partial charge in [0.15, 0.2) is 0 Å². The van der Waals surface area contributed by atoms with Gasteiger partial charge in [-0.2, -0.15) is 0 Å². The van der Waals surface area contributed by atoms with E-state index >= 15 is 0 Å². The minimum absolute atomic E-state index is 0.281. The molecule has 1 heterocycles. The molecule has 0 spiro atoms. The van der Waals surface area contributed by atoms with Gasteiger partial charge in [-0.15, -0.1) is 0 Å². The van der Waals surface area contributed by atoms with Crippen LogP contribution < -0.4 is 5.73 Å². The highest BCUT2D eigenvalue weighted by Gasteiger charge is 2.27. The molecule has 0 saturated carbocycles. The summed E-state index contributed by atoms with van der Waals surface area (Å²) in [7, 11) is 0. The van der Waals surface area contributed by atoms with Crippen LogP contribution >= 0.6 is 0 Å². The van der Waals surface area contributed by atoms with E-state index in [1.165, 1.54) is 45.2 Å². The molecule has 0 aromatic heterocycles. The molecule has 0 radical (unpaired) electrons. The first-order chi connectivity index (χ1) is 7.09. The van der Waals surface area contributed by atoms with Crippen LogP contribution in [0.4, 0.5) is 0 Å². The molecule has 1 unspecified atom stereocenters. The highest BCUT2D eigenvalue weighted by Crippen LogP contribution is 2.25. The number of hydrogen-bond acceptors (Lipinski definition) is 2. The summed E-state index contributed by atoms with van der Waals surface area (Å²) in [5.41, 5.74) is 6.10. The molecule has 0 aromatic rings. The molecular formula is C13H28N2. The zero-order chi connectivity index (χ0) is 11.3. The highest BCUT2D eigenvalue weighted by molar-refractivity contribution is 4.82. The molecule has 2 heteroatoms. The molecule has 0 bridgehead atoms. The molecule has 1 aliphatic rings. The molecular weight excluding hydrogens is 184 g/mol. The van der Waals surface area contributed by atoms with E-state index in [1.54, 1.807) is 0 Å². The average Bonchev–Trinajstić information content (AvgIpc) is 2.21. The lowest BCUT2D eigenvalue weighted by Crippen LogP contribution is -2.46. The second kappa shape index (κ2) is 5.86. The third-order valence-corrected chi connectivity index (χ3v) is 3.55. The Bertz CT molecular complexity index is 175. The van der Waals surface area contributed by atoms with Crippen molar-refractivity contribution in [1.29, 1.82) is 0 Å². The number of nitrogens with two attached hydrogens (primary N) is 1. The lowest BCUT2D eigenvalue weighted by atomic mass is 9.89. The molecule has 1 atom stereocenters. The largest absolute Gasteiger partial charge is 0.330 e. The molecule has 1 fully saturated rings. The Labute approximate surface area is 95.2 Å². The normalized spacial score (nSPS) is 24.4. The minimum atomic E-state index is 0.281. The van der Waals surface area contributed by atoms with E-state index < -0.39 is 0 Å². The standard InChI is InChI=1S/C13H28N2/c1-4-7-12-8-5-6-9-15(12)11-13(2,3)10-14/h12H,4-11,14H2,1-3H3. The highest BCUT2D eigenvalue weighted by atomic mass is 15.2.